The second kappa shape index (κ2) is 8.94. The molecule has 0 nitrogen and oxygen atoms in total. The van der Waals surface area contributed by atoms with Crippen LogP contribution >= 0.6 is 15.8 Å². The van der Waals surface area contributed by atoms with Crippen molar-refractivity contribution in [2.45, 2.75) is 36.5 Å². The van der Waals surface area contributed by atoms with Crippen molar-refractivity contribution in [3.63, 3.8) is 0 Å². The summed E-state index contributed by atoms with van der Waals surface area (Å²) in [5, 5.41) is 6.29. The molecule has 4 aromatic carbocycles. The van der Waals surface area contributed by atoms with Gasteiger partial charge in [0.25, 0.3) is 0 Å². The highest BCUT2D eigenvalue weighted by molar-refractivity contribution is 7.78. The minimum atomic E-state index is -0.404. The highest BCUT2D eigenvalue weighted by Crippen LogP contribution is 2.64. The van der Waals surface area contributed by atoms with Crippen LogP contribution in [0.4, 0.5) is 0 Å². The summed E-state index contributed by atoms with van der Waals surface area (Å²) in [5.74, 6) is 0.702. The zero-order chi connectivity index (χ0) is 21.3. The van der Waals surface area contributed by atoms with E-state index in [0.29, 0.717) is 11.6 Å². The molecule has 0 aromatic heterocycles. The van der Waals surface area contributed by atoms with E-state index in [4.69, 9.17) is 0 Å². The van der Waals surface area contributed by atoms with Gasteiger partial charge in [-0.15, -0.1) is 0 Å². The summed E-state index contributed by atoms with van der Waals surface area (Å²) in [5.41, 5.74) is 3.09. The normalized spacial score (nSPS) is 24.2. The molecule has 32 heavy (non-hydrogen) atoms. The van der Waals surface area contributed by atoms with Gasteiger partial charge in [0, 0.05) is 5.66 Å². The SMILES string of the molecule is c1ccc(P2c3ccccc3[C@@H]3CCC[C@@H](P(c4ccccc4)c4ccccc4)[C@@H]32)cc1. The summed E-state index contributed by atoms with van der Waals surface area (Å²) in [6, 6.07) is 43.6. The molecule has 4 atom stereocenters. The standard InChI is InChI=1S/C30H28P2/c1-4-13-23(14-5-1)31(24-15-6-2-7-16-24)29-22-12-20-27-26-19-10-11-21-28(26)32(30(27)29)25-17-8-3-9-18-25/h1-11,13-19,21,27,29-30H,12,20,22H2/t27-,29+,30+,32?/m0/s1. The summed E-state index contributed by atoms with van der Waals surface area (Å²) < 4.78 is 0. The van der Waals surface area contributed by atoms with Gasteiger partial charge in [-0.05, 0) is 67.0 Å². The third-order valence-corrected chi connectivity index (χ3v) is 13.4. The Morgan fingerprint density at radius 2 is 1.16 bits per heavy atom. The first-order chi connectivity index (χ1) is 15.9. The average molecular weight is 451 g/mol. The molecule has 1 aliphatic heterocycles. The van der Waals surface area contributed by atoms with Crippen molar-refractivity contribution in [3.8, 4) is 0 Å². The van der Waals surface area contributed by atoms with Crippen molar-refractivity contribution >= 4 is 37.1 Å². The molecule has 0 radical (unpaired) electrons. The number of rotatable bonds is 4. The third kappa shape index (κ3) is 3.55. The maximum Gasteiger partial charge on any atom is 0.00140 e. The average Bonchev–Trinajstić information content (AvgIpc) is 3.21. The molecule has 0 saturated heterocycles. The molecule has 1 heterocycles. The predicted molar refractivity (Wildman–Crippen MR) is 142 cm³/mol. The second-order valence-corrected chi connectivity index (χ2v) is 13.7. The second-order valence-electron chi connectivity index (χ2n) is 8.90. The Balaban J connectivity index is 1.52. The van der Waals surface area contributed by atoms with E-state index in [1.807, 2.05) is 0 Å². The molecule has 2 heteroatoms. The summed E-state index contributed by atoms with van der Waals surface area (Å²) in [6.45, 7) is 0. The van der Waals surface area contributed by atoms with Crippen LogP contribution in [0, 0.1) is 0 Å². The van der Waals surface area contributed by atoms with Gasteiger partial charge in [-0.2, -0.15) is 0 Å². The topological polar surface area (TPSA) is 0 Å². The van der Waals surface area contributed by atoms with Crippen LogP contribution < -0.4 is 21.2 Å². The van der Waals surface area contributed by atoms with E-state index < -0.39 is 7.92 Å². The van der Waals surface area contributed by atoms with E-state index in [0.717, 1.165) is 5.66 Å². The Kier molecular flexibility index (Phi) is 5.69. The summed E-state index contributed by atoms with van der Waals surface area (Å²) in [7, 11) is -0.754. The van der Waals surface area contributed by atoms with Crippen molar-refractivity contribution in [2.24, 2.45) is 0 Å². The lowest BCUT2D eigenvalue weighted by Crippen LogP contribution is -2.37. The number of hydrogen-bond acceptors (Lipinski definition) is 0. The van der Waals surface area contributed by atoms with Crippen molar-refractivity contribution in [2.75, 3.05) is 0 Å². The first-order valence-electron chi connectivity index (χ1n) is 11.7. The molecular weight excluding hydrogens is 422 g/mol. The molecule has 2 aliphatic rings. The Bertz CT molecular complexity index is 1130. The van der Waals surface area contributed by atoms with Crippen molar-refractivity contribution in [1.82, 2.24) is 0 Å². The van der Waals surface area contributed by atoms with E-state index in [-0.39, 0.29) is 7.92 Å². The molecule has 1 saturated carbocycles. The Hall–Kier alpha value is -2.26. The zero-order valence-electron chi connectivity index (χ0n) is 18.2. The van der Waals surface area contributed by atoms with Gasteiger partial charge in [0.05, 0.1) is 0 Å². The van der Waals surface area contributed by atoms with Crippen LogP contribution in [0.1, 0.15) is 30.7 Å². The van der Waals surface area contributed by atoms with Gasteiger partial charge in [0.2, 0.25) is 0 Å². The molecule has 4 aromatic rings. The minimum absolute atomic E-state index is 0.350. The van der Waals surface area contributed by atoms with E-state index in [9.17, 15) is 0 Å². The summed E-state index contributed by atoms with van der Waals surface area (Å²) in [6.07, 6.45) is 4.03. The van der Waals surface area contributed by atoms with E-state index in [1.54, 1.807) is 26.8 Å². The molecule has 1 unspecified atom stereocenters. The number of hydrogen-bond donors (Lipinski definition) is 0. The first-order valence-corrected chi connectivity index (χ1v) is 14.6. The Morgan fingerprint density at radius 1 is 0.594 bits per heavy atom. The Morgan fingerprint density at radius 3 is 1.81 bits per heavy atom. The molecule has 1 fully saturated rings. The summed E-state index contributed by atoms with van der Waals surface area (Å²) in [4.78, 5) is 0. The van der Waals surface area contributed by atoms with Crippen molar-refractivity contribution in [3.05, 3.63) is 121 Å². The molecule has 0 bridgehead atoms. The van der Waals surface area contributed by atoms with Crippen molar-refractivity contribution < 1.29 is 0 Å². The van der Waals surface area contributed by atoms with Crippen LogP contribution in [-0.4, -0.2) is 11.3 Å². The Labute approximate surface area is 194 Å². The molecule has 158 valence electrons. The number of benzene rings is 4. The number of fused-ring (bicyclic) bond motifs is 3. The van der Waals surface area contributed by atoms with Crippen LogP contribution in [0.5, 0.6) is 0 Å². The van der Waals surface area contributed by atoms with Crippen LogP contribution in [0.3, 0.4) is 0 Å². The third-order valence-electron chi connectivity index (χ3n) is 7.15. The largest absolute Gasteiger partial charge is 0.0622 e. The van der Waals surface area contributed by atoms with Crippen LogP contribution in [0.25, 0.3) is 0 Å². The first kappa shape index (κ1) is 20.4. The maximum atomic E-state index is 2.44. The molecular formula is C30H28P2. The lowest BCUT2D eigenvalue weighted by atomic mass is 9.83. The van der Waals surface area contributed by atoms with E-state index >= 15 is 0 Å². The van der Waals surface area contributed by atoms with Gasteiger partial charge in [0.1, 0.15) is 0 Å². The fraction of sp³-hybridized carbons (Fsp3) is 0.200. The van der Waals surface area contributed by atoms with E-state index in [1.165, 1.54) is 19.3 Å². The molecule has 0 spiro atoms. The quantitative estimate of drug-likeness (QED) is 0.322. The van der Waals surface area contributed by atoms with Crippen LogP contribution in [-0.2, 0) is 0 Å². The van der Waals surface area contributed by atoms with Crippen LogP contribution in [0.2, 0.25) is 0 Å². The maximum absolute atomic E-state index is 2.44. The minimum Gasteiger partial charge on any atom is -0.0622 e. The lowest BCUT2D eigenvalue weighted by molar-refractivity contribution is 0.468. The van der Waals surface area contributed by atoms with Crippen molar-refractivity contribution in [1.29, 1.82) is 0 Å². The van der Waals surface area contributed by atoms with Gasteiger partial charge in [-0.3, -0.25) is 0 Å². The predicted octanol–water partition coefficient (Wildman–Crippen LogP) is 6.27. The zero-order valence-corrected chi connectivity index (χ0v) is 20.0. The van der Waals surface area contributed by atoms with Gasteiger partial charge in [-0.1, -0.05) is 122 Å². The fourth-order valence-corrected chi connectivity index (χ4v) is 13.1. The lowest BCUT2D eigenvalue weighted by Gasteiger charge is -2.42. The van der Waals surface area contributed by atoms with Gasteiger partial charge in [0.15, 0.2) is 0 Å². The van der Waals surface area contributed by atoms with Gasteiger partial charge in [-0.25, -0.2) is 0 Å². The van der Waals surface area contributed by atoms with Gasteiger partial charge >= 0.3 is 0 Å². The molecule has 0 N–H and O–H groups in total. The van der Waals surface area contributed by atoms with Gasteiger partial charge < -0.3 is 0 Å². The highest BCUT2D eigenvalue weighted by Gasteiger charge is 2.49. The molecule has 1 aliphatic carbocycles. The van der Waals surface area contributed by atoms with Crippen LogP contribution in [0.15, 0.2) is 115 Å². The smallest absolute Gasteiger partial charge is 0.00140 e. The summed E-state index contributed by atoms with van der Waals surface area (Å²) >= 11 is 0. The molecule has 0 amide bonds. The fourth-order valence-electron chi connectivity index (χ4n) is 5.92. The highest BCUT2D eigenvalue weighted by atomic mass is 31.1. The van der Waals surface area contributed by atoms with E-state index in [2.05, 4.69) is 115 Å². The monoisotopic (exact) mass is 450 g/mol. The molecule has 6 rings (SSSR count).